The number of carbonyl (C=O) groups excluding carboxylic acids is 2. The highest BCUT2D eigenvalue weighted by molar-refractivity contribution is 8.00. The van der Waals surface area contributed by atoms with Crippen LogP contribution in [0.15, 0.2) is 66.0 Å². The summed E-state index contributed by atoms with van der Waals surface area (Å²) in [5.41, 5.74) is 2.92. The van der Waals surface area contributed by atoms with Crippen molar-refractivity contribution in [3.05, 3.63) is 72.1 Å². The molecule has 32 heavy (non-hydrogen) atoms. The number of hydrogen-bond donors (Lipinski definition) is 1. The third-order valence-corrected chi connectivity index (χ3v) is 5.46. The van der Waals surface area contributed by atoms with Gasteiger partial charge in [-0.1, -0.05) is 59.4 Å². The van der Waals surface area contributed by atoms with E-state index in [0.717, 1.165) is 5.56 Å². The zero-order valence-electron chi connectivity index (χ0n) is 17.3. The quantitative estimate of drug-likeness (QED) is 0.248. The summed E-state index contributed by atoms with van der Waals surface area (Å²) in [7, 11) is 0. The van der Waals surface area contributed by atoms with Crippen molar-refractivity contribution in [3.8, 4) is 0 Å². The van der Waals surface area contributed by atoms with E-state index in [1.165, 1.54) is 18.1 Å². The summed E-state index contributed by atoms with van der Waals surface area (Å²) in [6.45, 7) is 2.52. The summed E-state index contributed by atoms with van der Waals surface area (Å²) >= 11 is 1.23. The fourth-order valence-corrected chi connectivity index (χ4v) is 3.77. The van der Waals surface area contributed by atoms with Crippen molar-refractivity contribution < 1.29 is 14.3 Å². The highest BCUT2D eigenvalue weighted by Crippen LogP contribution is 2.23. The van der Waals surface area contributed by atoms with Gasteiger partial charge in [0.05, 0.1) is 30.2 Å². The van der Waals surface area contributed by atoms with Crippen LogP contribution >= 0.6 is 11.8 Å². The molecule has 10 heteroatoms. The molecule has 1 amide bonds. The van der Waals surface area contributed by atoms with Gasteiger partial charge in [-0.3, -0.25) is 4.79 Å². The number of ether oxygens (including phenoxy) is 1. The third kappa shape index (κ3) is 4.92. The SMILES string of the molecule is CCOC(=O)c1ccccc1NC(=O)CSc1ncnc2c1nnn2Cc1ccccc1. The first-order valence-electron chi connectivity index (χ1n) is 9.92. The van der Waals surface area contributed by atoms with E-state index in [-0.39, 0.29) is 18.3 Å². The number of benzene rings is 2. The summed E-state index contributed by atoms with van der Waals surface area (Å²) in [5.74, 6) is -0.687. The van der Waals surface area contributed by atoms with Crippen molar-refractivity contribution in [2.45, 2.75) is 18.5 Å². The van der Waals surface area contributed by atoms with Gasteiger partial charge in [-0.05, 0) is 24.6 Å². The van der Waals surface area contributed by atoms with Gasteiger partial charge >= 0.3 is 5.97 Å². The lowest BCUT2D eigenvalue weighted by atomic mass is 10.2. The normalized spacial score (nSPS) is 10.8. The van der Waals surface area contributed by atoms with Crippen molar-refractivity contribution in [1.29, 1.82) is 0 Å². The largest absolute Gasteiger partial charge is 0.462 e. The smallest absolute Gasteiger partial charge is 0.340 e. The van der Waals surface area contributed by atoms with Crippen LogP contribution in [0.5, 0.6) is 0 Å². The number of amides is 1. The maximum atomic E-state index is 12.5. The molecule has 0 spiro atoms. The van der Waals surface area contributed by atoms with Crippen LogP contribution < -0.4 is 5.32 Å². The fourth-order valence-electron chi connectivity index (χ4n) is 3.04. The van der Waals surface area contributed by atoms with Crippen LogP contribution in [0.4, 0.5) is 5.69 Å². The number of nitrogens with zero attached hydrogens (tertiary/aromatic N) is 5. The van der Waals surface area contributed by atoms with Crippen LogP contribution in [0.2, 0.25) is 0 Å². The molecule has 0 aliphatic heterocycles. The molecular formula is C22H20N6O3S. The molecule has 0 saturated heterocycles. The van der Waals surface area contributed by atoms with Gasteiger partial charge in [-0.15, -0.1) is 5.10 Å². The number of fused-ring (bicyclic) bond motifs is 1. The third-order valence-electron chi connectivity index (χ3n) is 4.48. The first-order valence-corrected chi connectivity index (χ1v) is 10.9. The lowest BCUT2D eigenvalue weighted by Crippen LogP contribution is -2.17. The van der Waals surface area contributed by atoms with E-state index >= 15 is 0 Å². The number of nitrogens with one attached hydrogen (secondary N) is 1. The second-order valence-electron chi connectivity index (χ2n) is 6.69. The summed E-state index contributed by atoms with van der Waals surface area (Å²) in [4.78, 5) is 33.2. The van der Waals surface area contributed by atoms with Gasteiger partial charge in [0.25, 0.3) is 0 Å². The summed E-state index contributed by atoms with van der Waals surface area (Å²) < 4.78 is 6.74. The van der Waals surface area contributed by atoms with Crippen molar-refractivity contribution in [2.24, 2.45) is 0 Å². The predicted octanol–water partition coefficient (Wildman–Crippen LogP) is 3.18. The number of aromatic nitrogens is 5. The molecule has 4 rings (SSSR count). The van der Waals surface area contributed by atoms with Gasteiger partial charge in [0, 0.05) is 0 Å². The van der Waals surface area contributed by atoms with Gasteiger partial charge in [0.2, 0.25) is 5.91 Å². The van der Waals surface area contributed by atoms with Crippen LogP contribution in [-0.2, 0) is 16.1 Å². The molecule has 0 aliphatic carbocycles. The van der Waals surface area contributed by atoms with E-state index < -0.39 is 5.97 Å². The second-order valence-corrected chi connectivity index (χ2v) is 7.65. The van der Waals surface area contributed by atoms with Crippen LogP contribution in [0.25, 0.3) is 11.2 Å². The summed E-state index contributed by atoms with van der Waals surface area (Å²) in [6.07, 6.45) is 1.43. The van der Waals surface area contributed by atoms with Gasteiger partial charge < -0.3 is 10.1 Å². The Morgan fingerprint density at radius 3 is 2.66 bits per heavy atom. The van der Waals surface area contributed by atoms with E-state index in [4.69, 9.17) is 4.74 Å². The minimum atomic E-state index is -0.483. The minimum Gasteiger partial charge on any atom is -0.462 e. The Hall–Kier alpha value is -3.79. The fraction of sp³-hybridized carbons (Fsp3) is 0.182. The van der Waals surface area contributed by atoms with Gasteiger partial charge in [0.1, 0.15) is 11.4 Å². The first-order chi connectivity index (χ1) is 15.7. The Morgan fingerprint density at radius 1 is 1.06 bits per heavy atom. The number of anilines is 1. The number of carbonyl (C=O) groups is 2. The van der Waals surface area contributed by atoms with Gasteiger partial charge in [-0.25, -0.2) is 19.4 Å². The summed E-state index contributed by atoms with van der Waals surface area (Å²) in [6, 6.07) is 16.6. The Labute approximate surface area is 188 Å². The number of rotatable bonds is 8. The molecule has 0 atom stereocenters. The topological polar surface area (TPSA) is 112 Å². The average Bonchev–Trinajstić information content (AvgIpc) is 3.22. The van der Waals surface area contributed by atoms with Crippen molar-refractivity contribution in [3.63, 3.8) is 0 Å². The maximum absolute atomic E-state index is 12.5. The molecule has 9 nitrogen and oxygen atoms in total. The zero-order valence-corrected chi connectivity index (χ0v) is 18.1. The molecule has 2 heterocycles. The molecule has 0 bridgehead atoms. The van der Waals surface area contributed by atoms with Crippen LogP contribution in [0.3, 0.4) is 0 Å². The number of para-hydroxylation sites is 1. The van der Waals surface area contributed by atoms with E-state index in [0.29, 0.717) is 34.0 Å². The van der Waals surface area contributed by atoms with E-state index in [2.05, 4.69) is 25.6 Å². The van der Waals surface area contributed by atoms with Crippen LogP contribution in [0.1, 0.15) is 22.8 Å². The molecule has 2 aromatic heterocycles. The van der Waals surface area contributed by atoms with Gasteiger partial charge in [0.15, 0.2) is 11.2 Å². The summed E-state index contributed by atoms with van der Waals surface area (Å²) in [5, 5.41) is 11.7. The van der Waals surface area contributed by atoms with Crippen LogP contribution in [0, 0.1) is 0 Å². The van der Waals surface area contributed by atoms with Crippen molar-refractivity contribution in [2.75, 3.05) is 17.7 Å². The molecule has 0 radical (unpaired) electrons. The number of hydrogen-bond acceptors (Lipinski definition) is 8. The highest BCUT2D eigenvalue weighted by atomic mass is 32.2. The molecule has 4 aromatic rings. The van der Waals surface area contributed by atoms with Gasteiger partial charge in [-0.2, -0.15) is 0 Å². The Kier molecular flexibility index (Phi) is 6.71. The zero-order chi connectivity index (χ0) is 22.3. The standard InChI is InChI=1S/C22H20N6O3S/c1-2-31-22(30)16-10-6-7-11-17(16)25-18(29)13-32-21-19-20(23-14-24-21)28(27-26-19)12-15-8-4-3-5-9-15/h3-11,14H,2,12-13H2,1H3,(H,25,29). The lowest BCUT2D eigenvalue weighted by molar-refractivity contribution is -0.113. The van der Waals surface area contributed by atoms with Crippen molar-refractivity contribution >= 4 is 40.5 Å². The molecule has 0 saturated carbocycles. The molecular weight excluding hydrogens is 428 g/mol. The van der Waals surface area contributed by atoms with Crippen LogP contribution in [-0.4, -0.2) is 49.2 Å². The number of esters is 1. The molecule has 0 fully saturated rings. The Bertz CT molecular complexity index is 1240. The second kappa shape index (κ2) is 10.0. The molecule has 0 aliphatic rings. The minimum absolute atomic E-state index is 0.0782. The van der Waals surface area contributed by atoms with E-state index in [1.807, 2.05) is 30.3 Å². The monoisotopic (exact) mass is 448 g/mol. The Morgan fingerprint density at radius 2 is 1.84 bits per heavy atom. The number of thioether (sulfide) groups is 1. The molecule has 0 unspecified atom stereocenters. The van der Waals surface area contributed by atoms with Crippen molar-refractivity contribution in [1.82, 2.24) is 25.0 Å². The Balaban J connectivity index is 1.45. The maximum Gasteiger partial charge on any atom is 0.340 e. The predicted molar refractivity (Wildman–Crippen MR) is 120 cm³/mol. The van der Waals surface area contributed by atoms with E-state index in [9.17, 15) is 9.59 Å². The highest BCUT2D eigenvalue weighted by Gasteiger charge is 2.16. The lowest BCUT2D eigenvalue weighted by Gasteiger charge is -2.10. The molecule has 1 N–H and O–H groups in total. The first kappa shape index (κ1) is 21.4. The average molecular weight is 449 g/mol. The van der Waals surface area contributed by atoms with E-state index in [1.54, 1.807) is 35.9 Å². The molecule has 2 aromatic carbocycles. The molecule has 162 valence electrons.